The lowest BCUT2D eigenvalue weighted by Gasteiger charge is -2.12. The maximum absolute atomic E-state index is 12.8. The average molecular weight is 560 g/mol. The first kappa shape index (κ1) is 24.1. The molecule has 0 aromatic heterocycles. The molecular formula is C24H18BrNO6S2. The number of nitrogens with zero attached hydrogens (tertiary/aromatic N) is 1. The summed E-state index contributed by atoms with van der Waals surface area (Å²) in [5, 5.41) is -0.361. The average Bonchev–Trinajstić information content (AvgIpc) is 3.09. The van der Waals surface area contributed by atoms with Crippen molar-refractivity contribution < 1.29 is 26.9 Å². The summed E-state index contributed by atoms with van der Waals surface area (Å²) < 4.78 is 36.5. The molecule has 2 amide bonds. The van der Waals surface area contributed by atoms with Crippen LogP contribution in [0.15, 0.2) is 87.1 Å². The van der Waals surface area contributed by atoms with Crippen LogP contribution in [-0.2, 0) is 21.5 Å². The van der Waals surface area contributed by atoms with E-state index in [1.807, 2.05) is 24.3 Å². The Hall–Kier alpha value is -3.08. The van der Waals surface area contributed by atoms with Gasteiger partial charge in [0.2, 0.25) is 0 Å². The Bertz CT molecular complexity index is 1370. The van der Waals surface area contributed by atoms with Crippen molar-refractivity contribution in [2.45, 2.75) is 11.4 Å². The number of methoxy groups -OCH3 is 1. The maximum Gasteiger partial charge on any atom is 0.339 e. The van der Waals surface area contributed by atoms with Gasteiger partial charge in [0, 0.05) is 4.47 Å². The fraction of sp³-hybridized carbons (Fsp3) is 0.0833. The fourth-order valence-electron chi connectivity index (χ4n) is 3.16. The van der Waals surface area contributed by atoms with E-state index in [1.165, 1.54) is 30.2 Å². The zero-order valence-corrected chi connectivity index (χ0v) is 21.0. The number of carbonyl (C=O) groups excluding carboxylic acids is 2. The standard InChI is InChI=1S/C24H18BrNO6S2/c1-31-21-13-17(9-12-20(21)32-34(29,30)19-5-3-2-4-6-19)14-22-23(27)26(24(28)33-22)15-16-7-10-18(25)11-8-16/h2-14H,15H2,1H3/b22-14-. The third kappa shape index (κ3) is 5.35. The molecule has 0 N–H and O–H groups in total. The van der Waals surface area contributed by atoms with E-state index in [2.05, 4.69) is 15.9 Å². The van der Waals surface area contributed by atoms with Gasteiger partial charge in [-0.2, -0.15) is 8.42 Å². The highest BCUT2D eigenvalue weighted by atomic mass is 79.9. The van der Waals surface area contributed by atoms with Gasteiger partial charge in [0.15, 0.2) is 11.5 Å². The Balaban J connectivity index is 1.54. The van der Waals surface area contributed by atoms with Gasteiger partial charge in [-0.1, -0.05) is 52.3 Å². The number of imide groups is 1. The van der Waals surface area contributed by atoms with Crippen molar-refractivity contribution in [3.63, 3.8) is 0 Å². The Labute approximate surface area is 209 Å². The lowest BCUT2D eigenvalue weighted by molar-refractivity contribution is -0.123. The minimum absolute atomic E-state index is 0.00634. The predicted octanol–water partition coefficient (Wildman–Crippen LogP) is 5.46. The van der Waals surface area contributed by atoms with Crippen LogP contribution in [0.1, 0.15) is 11.1 Å². The van der Waals surface area contributed by atoms with E-state index in [-0.39, 0.29) is 33.1 Å². The first-order valence-corrected chi connectivity index (χ1v) is 13.0. The van der Waals surface area contributed by atoms with Gasteiger partial charge in [-0.3, -0.25) is 14.5 Å². The molecule has 1 saturated heterocycles. The molecule has 1 aliphatic heterocycles. The molecule has 1 heterocycles. The molecule has 10 heteroatoms. The molecule has 7 nitrogen and oxygen atoms in total. The molecule has 0 aliphatic carbocycles. The number of hydrogen-bond donors (Lipinski definition) is 0. The summed E-state index contributed by atoms with van der Waals surface area (Å²) in [5.41, 5.74) is 1.38. The second kappa shape index (κ2) is 10.0. The predicted molar refractivity (Wildman–Crippen MR) is 133 cm³/mol. The number of halogens is 1. The van der Waals surface area contributed by atoms with Crippen molar-refractivity contribution in [3.05, 3.63) is 93.3 Å². The van der Waals surface area contributed by atoms with E-state index in [0.29, 0.717) is 5.56 Å². The van der Waals surface area contributed by atoms with Crippen LogP contribution in [-0.4, -0.2) is 31.6 Å². The van der Waals surface area contributed by atoms with Crippen LogP contribution in [0.4, 0.5) is 4.79 Å². The lowest BCUT2D eigenvalue weighted by atomic mass is 10.1. The van der Waals surface area contributed by atoms with Gasteiger partial charge in [-0.05, 0) is 65.4 Å². The molecule has 0 spiro atoms. The summed E-state index contributed by atoms with van der Waals surface area (Å²) in [6, 6.07) is 19.7. The number of rotatable bonds is 7. The molecule has 0 radical (unpaired) electrons. The van der Waals surface area contributed by atoms with Crippen molar-refractivity contribution in [1.29, 1.82) is 0 Å². The molecule has 1 fully saturated rings. The quantitative estimate of drug-likeness (QED) is 0.280. The topological polar surface area (TPSA) is 90.0 Å². The molecule has 34 heavy (non-hydrogen) atoms. The smallest absolute Gasteiger partial charge is 0.339 e. The first-order valence-electron chi connectivity index (χ1n) is 9.94. The van der Waals surface area contributed by atoms with E-state index >= 15 is 0 Å². The van der Waals surface area contributed by atoms with Gasteiger partial charge in [0.1, 0.15) is 4.90 Å². The fourth-order valence-corrected chi connectivity index (χ4v) is 5.22. The number of amides is 2. The van der Waals surface area contributed by atoms with E-state index in [0.717, 1.165) is 21.8 Å². The van der Waals surface area contributed by atoms with Crippen molar-refractivity contribution in [2.75, 3.05) is 7.11 Å². The van der Waals surface area contributed by atoms with Crippen molar-refractivity contribution >= 4 is 55.0 Å². The van der Waals surface area contributed by atoms with E-state index in [9.17, 15) is 18.0 Å². The Morgan fingerprint density at radius 3 is 2.35 bits per heavy atom. The highest BCUT2D eigenvalue weighted by Crippen LogP contribution is 2.36. The van der Waals surface area contributed by atoms with E-state index in [4.69, 9.17) is 8.92 Å². The third-order valence-corrected chi connectivity index (χ3v) is 7.53. The van der Waals surface area contributed by atoms with Crippen LogP contribution in [0.3, 0.4) is 0 Å². The molecule has 0 unspecified atom stereocenters. The van der Waals surface area contributed by atoms with Gasteiger partial charge in [-0.25, -0.2) is 0 Å². The minimum Gasteiger partial charge on any atom is -0.493 e. The monoisotopic (exact) mass is 559 g/mol. The lowest BCUT2D eigenvalue weighted by Crippen LogP contribution is -2.27. The summed E-state index contributed by atoms with van der Waals surface area (Å²) >= 11 is 4.21. The second-order valence-electron chi connectivity index (χ2n) is 7.16. The summed E-state index contributed by atoms with van der Waals surface area (Å²) in [4.78, 5) is 26.7. The zero-order chi connectivity index (χ0) is 24.3. The number of benzene rings is 3. The van der Waals surface area contributed by atoms with Crippen molar-refractivity contribution in [2.24, 2.45) is 0 Å². The van der Waals surface area contributed by atoms with E-state index in [1.54, 1.807) is 36.4 Å². The van der Waals surface area contributed by atoms with Crippen molar-refractivity contribution in [1.82, 2.24) is 4.90 Å². The van der Waals surface area contributed by atoms with Gasteiger partial charge < -0.3 is 8.92 Å². The highest BCUT2D eigenvalue weighted by molar-refractivity contribution is 9.10. The number of carbonyl (C=O) groups is 2. The van der Waals surface area contributed by atoms with Crippen LogP contribution in [0.5, 0.6) is 11.5 Å². The number of thioether (sulfide) groups is 1. The Kier molecular flexibility index (Phi) is 7.11. The molecule has 3 aromatic rings. The van der Waals surface area contributed by atoms with Gasteiger partial charge >= 0.3 is 10.1 Å². The molecule has 4 rings (SSSR count). The van der Waals surface area contributed by atoms with Crippen LogP contribution in [0.25, 0.3) is 6.08 Å². The number of hydrogen-bond acceptors (Lipinski definition) is 7. The van der Waals surface area contributed by atoms with Crippen LogP contribution in [0, 0.1) is 0 Å². The van der Waals surface area contributed by atoms with Crippen LogP contribution in [0.2, 0.25) is 0 Å². The summed E-state index contributed by atoms with van der Waals surface area (Å²) in [6.07, 6.45) is 1.56. The first-order chi connectivity index (χ1) is 16.3. The number of ether oxygens (including phenoxy) is 1. The normalized spacial score (nSPS) is 15.1. The molecular weight excluding hydrogens is 542 g/mol. The Morgan fingerprint density at radius 2 is 1.68 bits per heavy atom. The molecule has 0 saturated carbocycles. The summed E-state index contributed by atoms with van der Waals surface area (Å²) in [7, 11) is -2.66. The van der Waals surface area contributed by atoms with Gasteiger partial charge in [0.05, 0.1) is 18.6 Å². The highest BCUT2D eigenvalue weighted by Gasteiger charge is 2.35. The molecule has 1 aliphatic rings. The largest absolute Gasteiger partial charge is 0.493 e. The molecule has 174 valence electrons. The minimum atomic E-state index is -4.04. The van der Waals surface area contributed by atoms with Crippen LogP contribution < -0.4 is 8.92 Å². The molecule has 3 aromatic carbocycles. The van der Waals surface area contributed by atoms with Crippen molar-refractivity contribution in [3.8, 4) is 11.5 Å². The zero-order valence-electron chi connectivity index (χ0n) is 17.8. The second-order valence-corrected chi connectivity index (χ2v) is 10.6. The maximum atomic E-state index is 12.8. The summed E-state index contributed by atoms with van der Waals surface area (Å²) in [5.74, 6) is -0.224. The molecule has 0 atom stereocenters. The van der Waals surface area contributed by atoms with Gasteiger partial charge in [0.25, 0.3) is 11.1 Å². The Morgan fingerprint density at radius 1 is 0.971 bits per heavy atom. The third-order valence-electron chi connectivity index (χ3n) is 4.84. The van der Waals surface area contributed by atoms with Gasteiger partial charge in [-0.15, -0.1) is 0 Å². The SMILES string of the molecule is COc1cc(/C=C2\SC(=O)N(Cc3ccc(Br)cc3)C2=O)ccc1OS(=O)(=O)c1ccccc1. The summed E-state index contributed by atoms with van der Waals surface area (Å²) in [6.45, 7) is 0.169. The molecule has 0 bridgehead atoms. The van der Waals surface area contributed by atoms with E-state index < -0.39 is 16.0 Å². The van der Waals surface area contributed by atoms with Crippen LogP contribution >= 0.6 is 27.7 Å².